The molecule has 0 unspecified atom stereocenters. The average Bonchev–Trinajstić information content (AvgIpc) is 3.94. The molecule has 8 rings (SSSR count). The number of benzene rings is 3. The van der Waals surface area contributed by atoms with Crippen LogP contribution in [0.3, 0.4) is 0 Å². The molecule has 4 aliphatic heterocycles. The van der Waals surface area contributed by atoms with E-state index in [-0.39, 0.29) is 0 Å². The molecule has 4 aromatic rings. The molecule has 4 aliphatic rings. The van der Waals surface area contributed by atoms with Crippen LogP contribution in [0, 0.1) is 20.8 Å². The van der Waals surface area contributed by atoms with Crippen molar-refractivity contribution in [3.05, 3.63) is 202 Å². The van der Waals surface area contributed by atoms with Gasteiger partial charge < -0.3 is 10.1 Å². The number of H-pyrrole nitrogens is 1. The van der Waals surface area contributed by atoms with Crippen molar-refractivity contribution in [3.8, 4) is 0 Å². The molecule has 5 heteroatoms. The summed E-state index contributed by atoms with van der Waals surface area (Å²) < 4.78 is 0. The third-order valence-electron chi connectivity index (χ3n) is 9.09. The van der Waals surface area contributed by atoms with Crippen LogP contribution in [0.4, 0.5) is 0 Å². The van der Waals surface area contributed by atoms with Crippen molar-refractivity contribution in [2.45, 2.75) is 20.8 Å². The van der Waals surface area contributed by atoms with E-state index in [0.717, 1.165) is 90.9 Å². The Kier molecular flexibility index (Phi) is 7.58. The fourth-order valence-electron chi connectivity index (χ4n) is 6.54. The summed E-state index contributed by atoms with van der Waals surface area (Å²) in [5.41, 5.74) is 17.3. The van der Waals surface area contributed by atoms with E-state index in [4.69, 9.17) is 15.0 Å². The molecule has 3 aromatic carbocycles. The highest BCUT2D eigenvalue weighted by atomic mass is 16.2. The smallest absolute Gasteiger partial charge is 0.0791 e. The normalized spacial score (nSPS) is 17.6. The Labute approximate surface area is 286 Å². The summed E-state index contributed by atoms with van der Waals surface area (Å²) in [4.78, 5) is 19.5. The summed E-state index contributed by atoms with van der Waals surface area (Å²) in [7, 11) is 0. The van der Waals surface area contributed by atoms with Crippen molar-refractivity contribution in [2.24, 2.45) is 15.0 Å². The third-order valence-corrected chi connectivity index (χ3v) is 9.09. The second-order valence-electron chi connectivity index (χ2n) is 12.6. The van der Waals surface area contributed by atoms with Gasteiger partial charge >= 0.3 is 0 Å². The minimum atomic E-state index is 0.780. The van der Waals surface area contributed by atoms with Crippen LogP contribution in [0.2, 0.25) is 0 Å². The summed E-state index contributed by atoms with van der Waals surface area (Å²) >= 11 is 0. The number of aliphatic hydroxyl groups excluding tert-OH is 1. The lowest BCUT2D eigenvalue weighted by molar-refractivity contribution is 0.474. The zero-order valence-corrected chi connectivity index (χ0v) is 27.6. The lowest BCUT2D eigenvalue weighted by Gasteiger charge is -2.12. The molecule has 2 N–H and O–H groups in total. The second kappa shape index (κ2) is 12.4. The molecule has 0 saturated carbocycles. The molecule has 0 atom stereocenters. The highest BCUT2D eigenvalue weighted by Gasteiger charge is 2.26. The van der Waals surface area contributed by atoms with Crippen LogP contribution in [-0.2, 0) is 0 Å². The number of nitrogens with one attached hydrogen (secondary N) is 1. The molecule has 0 saturated heterocycles. The highest BCUT2D eigenvalue weighted by molar-refractivity contribution is 6.37. The second-order valence-corrected chi connectivity index (χ2v) is 12.6. The van der Waals surface area contributed by atoms with Gasteiger partial charge in [0.05, 0.1) is 40.5 Å². The van der Waals surface area contributed by atoms with Gasteiger partial charge in [0.15, 0.2) is 0 Å². The standard InChI is InChI=1S/C44H34N4O/c1-27-6-12-30(13-7-27)42-36-20-18-34(45-36)33(5-4-26-49)35-19-21-37(46-35)43(31-14-8-28(2)9-15-31)39-23-25-41(48-39)44(40-24-22-38(42)47-40)32-16-10-29(3)11-17-32/h4-26,45,49H,1-3H3/b26-4-,33-5-,42-38?,43-37?,44-41?. The van der Waals surface area contributed by atoms with Crippen LogP contribution in [0.15, 0.2) is 172 Å². The van der Waals surface area contributed by atoms with Gasteiger partial charge in [-0.05, 0) is 98.2 Å². The minimum absolute atomic E-state index is 0.780. The number of aryl methyl sites for hydroxylation is 3. The molecule has 5 nitrogen and oxygen atoms in total. The molecular weight excluding hydrogens is 601 g/mol. The fourth-order valence-corrected chi connectivity index (χ4v) is 6.54. The number of aromatic nitrogens is 1. The average molecular weight is 635 g/mol. The van der Waals surface area contributed by atoms with Crippen LogP contribution in [0.1, 0.15) is 44.8 Å². The Morgan fingerprint density at radius 2 is 0.878 bits per heavy atom. The van der Waals surface area contributed by atoms with Gasteiger partial charge in [0.2, 0.25) is 0 Å². The number of aliphatic imine (C=N–C) groups is 3. The van der Waals surface area contributed by atoms with Gasteiger partial charge in [-0.2, -0.15) is 0 Å². The SMILES string of the molecule is Cc1ccc(C2=C3C=CC(=N3)C(c3ccc(C)cc3)=C3C=CC(=N3)/C(=C\C=C/O)c3ccc([nH]3)C(c3ccc(C)cc3)=C3C=CC2=N3)cc1. The minimum Gasteiger partial charge on any atom is -0.516 e. The monoisotopic (exact) mass is 634 g/mol. The van der Waals surface area contributed by atoms with E-state index >= 15 is 0 Å². The number of allylic oxidation sites excluding steroid dienone is 11. The molecule has 0 fully saturated rings. The predicted molar refractivity (Wildman–Crippen MR) is 204 cm³/mol. The Balaban J connectivity index is 1.44. The lowest BCUT2D eigenvalue weighted by Crippen LogP contribution is -2.02. The first-order valence-electron chi connectivity index (χ1n) is 16.4. The number of rotatable bonds is 4. The Hall–Kier alpha value is -6.33. The topological polar surface area (TPSA) is 73.1 Å². The molecule has 0 radical (unpaired) electrons. The van der Waals surface area contributed by atoms with E-state index in [1.165, 1.54) is 16.7 Å². The van der Waals surface area contributed by atoms with Gasteiger partial charge in [-0.3, -0.25) is 0 Å². The summed E-state index contributed by atoms with van der Waals surface area (Å²) in [5, 5.41) is 9.65. The number of hydrogen-bond donors (Lipinski definition) is 2. The maximum absolute atomic E-state index is 9.65. The lowest BCUT2D eigenvalue weighted by atomic mass is 9.98. The first-order chi connectivity index (χ1) is 23.9. The van der Waals surface area contributed by atoms with Gasteiger partial charge in [-0.25, -0.2) is 15.0 Å². The van der Waals surface area contributed by atoms with Crippen molar-refractivity contribution < 1.29 is 5.11 Å². The van der Waals surface area contributed by atoms with Crippen molar-refractivity contribution in [2.75, 3.05) is 0 Å². The molecule has 8 bridgehead atoms. The van der Waals surface area contributed by atoms with E-state index in [1.54, 1.807) is 6.08 Å². The number of hydrogen-bond acceptors (Lipinski definition) is 4. The van der Waals surface area contributed by atoms with Gasteiger partial charge in [0, 0.05) is 33.7 Å². The molecule has 5 heterocycles. The van der Waals surface area contributed by atoms with Crippen LogP contribution in [-0.4, -0.2) is 27.2 Å². The van der Waals surface area contributed by atoms with Crippen molar-refractivity contribution in [3.63, 3.8) is 0 Å². The maximum atomic E-state index is 9.65. The Morgan fingerprint density at radius 1 is 0.469 bits per heavy atom. The van der Waals surface area contributed by atoms with Crippen LogP contribution in [0.25, 0.3) is 22.3 Å². The number of aliphatic hydroxyl groups is 1. The van der Waals surface area contributed by atoms with Crippen molar-refractivity contribution in [1.29, 1.82) is 0 Å². The van der Waals surface area contributed by atoms with Crippen molar-refractivity contribution in [1.82, 2.24) is 4.98 Å². The zero-order chi connectivity index (χ0) is 33.5. The van der Waals surface area contributed by atoms with E-state index < -0.39 is 0 Å². The summed E-state index contributed by atoms with van der Waals surface area (Å²) in [6.45, 7) is 6.29. The van der Waals surface area contributed by atoms with E-state index in [1.807, 2.05) is 12.2 Å². The van der Waals surface area contributed by atoms with E-state index in [0.29, 0.717) is 0 Å². The molecular formula is C44H34N4O. The summed E-state index contributed by atoms with van der Waals surface area (Å²) in [6.07, 6.45) is 17.0. The Bertz CT molecular complexity index is 2360. The third kappa shape index (κ3) is 5.66. The maximum Gasteiger partial charge on any atom is 0.0791 e. The van der Waals surface area contributed by atoms with Crippen LogP contribution in [0.5, 0.6) is 0 Å². The Morgan fingerprint density at radius 3 is 1.37 bits per heavy atom. The van der Waals surface area contributed by atoms with E-state index in [2.05, 4.69) is 141 Å². The van der Waals surface area contributed by atoms with Gasteiger partial charge in [0.1, 0.15) is 0 Å². The molecule has 1 aromatic heterocycles. The van der Waals surface area contributed by atoms with Gasteiger partial charge in [0.25, 0.3) is 0 Å². The summed E-state index contributed by atoms with van der Waals surface area (Å²) in [6, 6.07) is 29.8. The molecule has 49 heavy (non-hydrogen) atoms. The number of fused-ring (bicyclic) bond motifs is 5. The predicted octanol–water partition coefficient (Wildman–Crippen LogP) is 10.0. The highest BCUT2D eigenvalue weighted by Crippen LogP contribution is 2.38. The first kappa shape index (κ1) is 30.0. The first-order valence-corrected chi connectivity index (χ1v) is 16.4. The quantitative estimate of drug-likeness (QED) is 0.216. The number of nitrogens with zero attached hydrogens (tertiary/aromatic N) is 3. The molecule has 236 valence electrons. The summed E-state index contributed by atoms with van der Waals surface area (Å²) in [5.74, 6) is 0. The fraction of sp³-hybridized carbons (Fsp3) is 0.0682. The molecule has 0 amide bonds. The molecule has 0 spiro atoms. The zero-order valence-electron chi connectivity index (χ0n) is 27.6. The largest absolute Gasteiger partial charge is 0.516 e. The molecule has 0 aliphatic carbocycles. The van der Waals surface area contributed by atoms with Crippen LogP contribution < -0.4 is 0 Å². The number of aromatic amines is 1. The van der Waals surface area contributed by atoms with Gasteiger partial charge in [-0.1, -0.05) is 89.5 Å². The van der Waals surface area contributed by atoms with Crippen molar-refractivity contribution >= 4 is 39.4 Å². The van der Waals surface area contributed by atoms with Gasteiger partial charge in [-0.15, -0.1) is 0 Å². The van der Waals surface area contributed by atoms with Crippen LogP contribution >= 0.6 is 0 Å². The van der Waals surface area contributed by atoms with E-state index in [9.17, 15) is 5.11 Å².